The van der Waals surface area contributed by atoms with Crippen LogP contribution in [0.25, 0.3) is 10.9 Å². The lowest BCUT2D eigenvalue weighted by Gasteiger charge is -2.11. The summed E-state index contributed by atoms with van der Waals surface area (Å²) >= 11 is 0. The van der Waals surface area contributed by atoms with Crippen LogP contribution in [-0.2, 0) is 6.54 Å². The quantitative estimate of drug-likeness (QED) is 0.663. The first-order valence-corrected chi connectivity index (χ1v) is 7.33. The molecule has 0 aliphatic rings. The van der Waals surface area contributed by atoms with Crippen molar-refractivity contribution >= 4 is 28.1 Å². The molecule has 22 heavy (non-hydrogen) atoms. The summed E-state index contributed by atoms with van der Waals surface area (Å²) in [5, 5.41) is 14.2. The molecular formula is C17H19N5. The third-order valence-electron chi connectivity index (χ3n) is 3.56. The highest BCUT2D eigenvalue weighted by Crippen LogP contribution is 2.27. The number of rotatable bonds is 4. The maximum atomic E-state index is 4.52. The van der Waals surface area contributed by atoms with Gasteiger partial charge in [-0.05, 0) is 43.3 Å². The fraction of sp³-hybridized carbons (Fsp3) is 0.235. The van der Waals surface area contributed by atoms with Gasteiger partial charge in [-0.1, -0.05) is 12.1 Å². The van der Waals surface area contributed by atoms with Crippen molar-refractivity contribution in [2.45, 2.75) is 13.5 Å². The molecule has 2 aromatic carbocycles. The van der Waals surface area contributed by atoms with Crippen molar-refractivity contribution in [1.29, 1.82) is 0 Å². The first-order chi connectivity index (χ1) is 10.7. The van der Waals surface area contributed by atoms with E-state index in [9.17, 15) is 0 Å². The molecule has 0 spiro atoms. The van der Waals surface area contributed by atoms with Gasteiger partial charge in [-0.3, -0.25) is 4.68 Å². The molecule has 5 heteroatoms. The van der Waals surface area contributed by atoms with Gasteiger partial charge in [0.25, 0.3) is 0 Å². The highest BCUT2D eigenvalue weighted by atomic mass is 15.3. The van der Waals surface area contributed by atoms with E-state index < -0.39 is 0 Å². The van der Waals surface area contributed by atoms with Gasteiger partial charge in [0.2, 0.25) is 5.82 Å². The van der Waals surface area contributed by atoms with Crippen LogP contribution in [0.15, 0.2) is 58.8 Å². The number of azo groups is 1. The van der Waals surface area contributed by atoms with E-state index in [0.29, 0.717) is 5.82 Å². The highest BCUT2D eigenvalue weighted by molar-refractivity contribution is 5.88. The van der Waals surface area contributed by atoms with Crippen LogP contribution in [0.5, 0.6) is 0 Å². The summed E-state index contributed by atoms with van der Waals surface area (Å²) in [5.74, 6) is 0.661. The second-order valence-corrected chi connectivity index (χ2v) is 5.27. The Morgan fingerprint density at radius 2 is 1.73 bits per heavy atom. The summed E-state index contributed by atoms with van der Waals surface area (Å²) in [7, 11) is 4.03. The zero-order valence-electron chi connectivity index (χ0n) is 13.1. The number of para-hydroxylation sites is 1. The molecule has 0 N–H and O–H groups in total. The molecule has 0 amide bonds. The Bertz CT molecular complexity index is 800. The molecule has 0 bridgehead atoms. The van der Waals surface area contributed by atoms with Crippen molar-refractivity contribution in [2.24, 2.45) is 10.2 Å². The van der Waals surface area contributed by atoms with Crippen molar-refractivity contribution in [2.75, 3.05) is 19.0 Å². The number of benzene rings is 2. The molecule has 5 nitrogen and oxygen atoms in total. The molecule has 0 atom stereocenters. The first-order valence-electron chi connectivity index (χ1n) is 7.33. The van der Waals surface area contributed by atoms with Crippen LogP contribution in [0.2, 0.25) is 0 Å². The monoisotopic (exact) mass is 293 g/mol. The number of anilines is 1. The summed E-state index contributed by atoms with van der Waals surface area (Å²) in [5.41, 5.74) is 3.04. The molecule has 0 unspecified atom stereocenters. The SMILES string of the molecule is CCn1nc(N=Nc2ccc(N(C)C)cc2)c2ccccc21. The van der Waals surface area contributed by atoms with E-state index in [4.69, 9.17) is 0 Å². The van der Waals surface area contributed by atoms with Crippen molar-refractivity contribution in [1.82, 2.24) is 9.78 Å². The number of hydrogen-bond donors (Lipinski definition) is 0. The summed E-state index contributed by atoms with van der Waals surface area (Å²) in [4.78, 5) is 2.05. The van der Waals surface area contributed by atoms with Gasteiger partial charge in [-0.2, -0.15) is 0 Å². The van der Waals surface area contributed by atoms with Crippen LogP contribution in [-0.4, -0.2) is 23.9 Å². The Hall–Kier alpha value is -2.69. The van der Waals surface area contributed by atoms with Gasteiger partial charge in [0.15, 0.2) is 0 Å². The Morgan fingerprint density at radius 3 is 2.41 bits per heavy atom. The van der Waals surface area contributed by atoms with Crippen molar-refractivity contribution in [3.05, 3.63) is 48.5 Å². The summed E-state index contributed by atoms with van der Waals surface area (Å²) in [6.07, 6.45) is 0. The molecular weight excluding hydrogens is 274 g/mol. The lowest BCUT2D eigenvalue weighted by molar-refractivity contribution is 0.684. The third-order valence-corrected chi connectivity index (χ3v) is 3.56. The van der Waals surface area contributed by atoms with E-state index in [-0.39, 0.29) is 0 Å². The van der Waals surface area contributed by atoms with Gasteiger partial charge >= 0.3 is 0 Å². The first kappa shape index (κ1) is 14.3. The summed E-state index contributed by atoms with van der Waals surface area (Å²) < 4.78 is 1.94. The van der Waals surface area contributed by atoms with Crippen LogP contribution in [0, 0.1) is 0 Å². The molecule has 0 saturated heterocycles. The summed E-state index contributed by atoms with van der Waals surface area (Å²) in [6, 6.07) is 16.0. The van der Waals surface area contributed by atoms with E-state index in [0.717, 1.165) is 28.8 Å². The number of hydrogen-bond acceptors (Lipinski definition) is 4. The predicted octanol–water partition coefficient (Wildman–Crippen LogP) is 4.54. The Morgan fingerprint density at radius 1 is 1.00 bits per heavy atom. The van der Waals surface area contributed by atoms with E-state index >= 15 is 0 Å². The molecule has 0 radical (unpaired) electrons. The van der Waals surface area contributed by atoms with E-state index in [1.165, 1.54) is 0 Å². The number of nitrogens with zero attached hydrogens (tertiary/aromatic N) is 5. The average molecular weight is 293 g/mol. The van der Waals surface area contributed by atoms with E-state index in [1.807, 2.05) is 61.2 Å². The predicted molar refractivity (Wildman–Crippen MR) is 90.4 cm³/mol. The van der Waals surface area contributed by atoms with Crippen LogP contribution >= 0.6 is 0 Å². The van der Waals surface area contributed by atoms with Crippen LogP contribution in [0.1, 0.15) is 6.92 Å². The van der Waals surface area contributed by atoms with E-state index in [1.54, 1.807) is 0 Å². The smallest absolute Gasteiger partial charge is 0.203 e. The molecule has 0 fully saturated rings. The van der Waals surface area contributed by atoms with Crippen molar-refractivity contribution < 1.29 is 0 Å². The molecule has 3 rings (SSSR count). The van der Waals surface area contributed by atoms with Gasteiger partial charge < -0.3 is 4.90 Å². The average Bonchev–Trinajstić information content (AvgIpc) is 2.91. The summed E-state index contributed by atoms with van der Waals surface area (Å²) in [6.45, 7) is 2.88. The second kappa shape index (κ2) is 5.97. The lowest BCUT2D eigenvalue weighted by atomic mass is 10.2. The highest BCUT2D eigenvalue weighted by Gasteiger charge is 2.08. The van der Waals surface area contributed by atoms with Crippen molar-refractivity contribution in [3.63, 3.8) is 0 Å². The van der Waals surface area contributed by atoms with Gasteiger partial charge in [0, 0.05) is 31.7 Å². The van der Waals surface area contributed by atoms with Gasteiger partial charge in [0.1, 0.15) is 0 Å². The second-order valence-electron chi connectivity index (χ2n) is 5.27. The molecule has 1 heterocycles. The van der Waals surface area contributed by atoms with E-state index in [2.05, 4.69) is 33.2 Å². The minimum absolute atomic E-state index is 0.661. The Kier molecular flexibility index (Phi) is 3.87. The van der Waals surface area contributed by atoms with Crippen LogP contribution in [0.4, 0.5) is 17.2 Å². The zero-order valence-corrected chi connectivity index (χ0v) is 13.1. The standard InChI is InChI=1S/C17H19N5/c1-4-22-16-8-6-5-7-15(16)17(20-22)19-18-13-9-11-14(12-10-13)21(2)3/h5-12H,4H2,1-3H3. The number of fused-ring (bicyclic) bond motifs is 1. The van der Waals surface area contributed by atoms with Crippen LogP contribution in [0.3, 0.4) is 0 Å². The number of aryl methyl sites for hydroxylation is 1. The largest absolute Gasteiger partial charge is 0.378 e. The minimum atomic E-state index is 0.661. The fourth-order valence-electron chi connectivity index (χ4n) is 2.35. The Balaban J connectivity index is 1.92. The van der Waals surface area contributed by atoms with Crippen molar-refractivity contribution in [3.8, 4) is 0 Å². The van der Waals surface area contributed by atoms with Gasteiger partial charge in [-0.15, -0.1) is 15.3 Å². The lowest BCUT2D eigenvalue weighted by Crippen LogP contribution is -2.07. The fourth-order valence-corrected chi connectivity index (χ4v) is 2.35. The number of aromatic nitrogens is 2. The minimum Gasteiger partial charge on any atom is -0.378 e. The van der Waals surface area contributed by atoms with Crippen LogP contribution < -0.4 is 4.90 Å². The molecule has 1 aromatic heterocycles. The third kappa shape index (κ3) is 2.70. The molecule has 3 aromatic rings. The zero-order chi connectivity index (χ0) is 15.5. The van der Waals surface area contributed by atoms with Gasteiger partial charge in [-0.25, -0.2) is 0 Å². The maximum Gasteiger partial charge on any atom is 0.203 e. The molecule has 0 aliphatic heterocycles. The Labute approximate surface area is 129 Å². The molecule has 0 saturated carbocycles. The topological polar surface area (TPSA) is 45.8 Å². The normalized spacial score (nSPS) is 11.4. The maximum absolute atomic E-state index is 4.52. The molecule has 0 aliphatic carbocycles. The molecule has 112 valence electrons. The van der Waals surface area contributed by atoms with Gasteiger partial charge in [0.05, 0.1) is 11.2 Å².